The maximum atomic E-state index is 11.7. The molecule has 0 aromatic heterocycles. The van der Waals surface area contributed by atoms with Crippen molar-refractivity contribution in [1.82, 2.24) is 10.2 Å². The topological polar surface area (TPSA) is 63.2 Å². The number of hydrogen-bond donors (Lipinski definition) is 1. The molecule has 1 aliphatic heterocycles. The number of para-hydroxylation sites is 1. The van der Waals surface area contributed by atoms with E-state index in [1.807, 2.05) is 36.4 Å². The Morgan fingerprint density at radius 1 is 1.10 bits per heavy atom. The Labute approximate surface area is 195 Å². The molecule has 0 aliphatic carbocycles. The molecule has 162 valence electrons. The first-order chi connectivity index (χ1) is 14.2. The SMILES string of the molecule is CN=C(NCCOc1ccccc1-c1ccccc1)N1CCC(C(=O)OC)CC1.I. The number of halogens is 1. The lowest BCUT2D eigenvalue weighted by Gasteiger charge is -2.33. The molecule has 1 heterocycles. The maximum absolute atomic E-state index is 11.7. The number of nitrogens with one attached hydrogen (secondary N) is 1. The molecule has 0 saturated carbocycles. The number of hydrogen-bond acceptors (Lipinski definition) is 4. The van der Waals surface area contributed by atoms with Crippen molar-refractivity contribution < 1.29 is 14.3 Å². The van der Waals surface area contributed by atoms with Crippen LogP contribution < -0.4 is 10.1 Å². The minimum atomic E-state index is -0.113. The number of aliphatic imine (C=N–C) groups is 1. The molecule has 1 fully saturated rings. The summed E-state index contributed by atoms with van der Waals surface area (Å²) in [6.45, 7) is 2.75. The van der Waals surface area contributed by atoms with Crippen LogP contribution in [0.1, 0.15) is 12.8 Å². The number of rotatable bonds is 6. The molecule has 0 spiro atoms. The number of piperidine rings is 1. The summed E-state index contributed by atoms with van der Waals surface area (Å²) in [5.41, 5.74) is 2.22. The lowest BCUT2D eigenvalue weighted by Crippen LogP contribution is -2.47. The Balaban J connectivity index is 0.00000320. The van der Waals surface area contributed by atoms with Crippen molar-refractivity contribution in [1.29, 1.82) is 0 Å². The zero-order valence-electron chi connectivity index (χ0n) is 17.5. The van der Waals surface area contributed by atoms with Gasteiger partial charge in [-0.2, -0.15) is 0 Å². The van der Waals surface area contributed by atoms with Gasteiger partial charge in [0, 0.05) is 25.7 Å². The van der Waals surface area contributed by atoms with Crippen molar-refractivity contribution in [3.63, 3.8) is 0 Å². The summed E-state index contributed by atoms with van der Waals surface area (Å²) in [5, 5.41) is 3.36. The normalized spacial score (nSPS) is 14.6. The largest absolute Gasteiger partial charge is 0.491 e. The van der Waals surface area contributed by atoms with Gasteiger partial charge in [0.1, 0.15) is 12.4 Å². The molecule has 7 heteroatoms. The van der Waals surface area contributed by atoms with Crippen LogP contribution in [0.5, 0.6) is 5.75 Å². The number of guanidine groups is 1. The van der Waals surface area contributed by atoms with Gasteiger partial charge in [-0.15, -0.1) is 24.0 Å². The van der Waals surface area contributed by atoms with Gasteiger partial charge in [0.25, 0.3) is 0 Å². The molecule has 1 N–H and O–H groups in total. The van der Waals surface area contributed by atoms with Gasteiger partial charge in [-0.25, -0.2) is 0 Å². The van der Waals surface area contributed by atoms with Gasteiger partial charge < -0.3 is 19.7 Å². The number of benzene rings is 2. The lowest BCUT2D eigenvalue weighted by atomic mass is 9.97. The summed E-state index contributed by atoms with van der Waals surface area (Å²) in [6, 6.07) is 18.3. The fourth-order valence-corrected chi connectivity index (χ4v) is 3.60. The predicted molar refractivity (Wildman–Crippen MR) is 130 cm³/mol. The average Bonchev–Trinajstić information content (AvgIpc) is 2.79. The molecule has 6 nitrogen and oxygen atoms in total. The zero-order chi connectivity index (χ0) is 20.5. The van der Waals surface area contributed by atoms with Crippen LogP contribution in [0.25, 0.3) is 11.1 Å². The Bertz CT molecular complexity index is 821. The quantitative estimate of drug-likeness (QED) is 0.205. The first kappa shape index (κ1) is 24.0. The first-order valence-electron chi connectivity index (χ1n) is 10.0. The highest BCUT2D eigenvalue weighted by Crippen LogP contribution is 2.29. The van der Waals surface area contributed by atoms with Gasteiger partial charge >= 0.3 is 5.97 Å². The van der Waals surface area contributed by atoms with Crippen molar-refractivity contribution in [3.05, 3.63) is 54.6 Å². The third kappa shape index (κ3) is 6.35. The van der Waals surface area contributed by atoms with Gasteiger partial charge in [0.2, 0.25) is 0 Å². The number of carbonyl (C=O) groups excluding carboxylic acids is 1. The fraction of sp³-hybridized carbons (Fsp3) is 0.391. The van der Waals surface area contributed by atoms with Crippen molar-refractivity contribution in [2.75, 3.05) is 40.4 Å². The summed E-state index contributed by atoms with van der Waals surface area (Å²) >= 11 is 0. The third-order valence-corrected chi connectivity index (χ3v) is 5.16. The second-order valence-corrected chi connectivity index (χ2v) is 6.97. The molecule has 1 aliphatic rings. The van der Waals surface area contributed by atoms with Crippen LogP contribution in [0.3, 0.4) is 0 Å². The van der Waals surface area contributed by atoms with E-state index in [1.54, 1.807) is 7.05 Å². The molecule has 0 atom stereocenters. The molecular formula is C23H30IN3O3. The van der Waals surface area contributed by atoms with Crippen molar-refractivity contribution in [3.8, 4) is 16.9 Å². The number of esters is 1. The Hall–Kier alpha value is -2.29. The highest BCUT2D eigenvalue weighted by atomic mass is 127. The van der Waals surface area contributed by atoms with E-state index in [0.29, 0.717) is 13.2 Å². The maximum Gasteiger partial charge on any atom is 0.308 e. The Morgan fingerprint density at radius 2 is 1.77 bits per heavy atom. The van der Waals surface area contributed by atoms with Crippen LogP contribution >= 0.6 is 24.0 Å². The molecule has 2 aromatic carbocycles. The summed E-state index contributed by atoms with van der Waals surface area (Å²) in [7, 11) is 3.23. The molecule has 3 rings (SSSR count). The predicted octanol–water partition coefficient (Wildman–Crippen LogP) is 3.81. The van der Waals surface area contributed by atoms with E-state index in [1.165, 1.54) is 7.11 Å². The minimum absolute atomic E-state index is 0. The van der Waals surface area contributed by atoms with Gasteiger partial charge in [0.05, 0.1) is 19.6 Å². The molecular weight excluding hydrogens is 493 g/mol. The Morgan fingerprint density at radius 3 is 2.43 bits per heavy atom. The molecule has 2 aromatic rings. The Kier molecular flexibility index (Phi) is 9.93. The van der Waals surface area contributed by atoms with Crippen LogP contribution in [0, 0.1) is 5.92 Å². The van der Waals surface area contributed by atoms with E-state index in [0.717, 1.165) is 48.8 Å². The standard InChI is InChI=1S/C23H29N3O3.HI/c1-24-23(26-15-12-19(13-16-26)22(27)28-2)25-14-17-29-21-11-7-6-10-20(21)18-8-4-3-5-9-18;/h3-11,19H,12-17H2,1-2H3,(H,24,25);1H. The molecule has 0 bridgehead atoms. The van der Waals surface area contributed by atoms with Gasteiger partial charge in [-0.05, 0) is 24.5 Å². The second kappa shape index (κ2) is 12.4. The number of carbonyl (C=O) groups is 1. The van der Waals surface area contributed by atoms with E-state index in [4.69, 9.17) is 9.47 Å². The monoisotopic (exact) mass is 523 g/mol. The van der Waals surface area contributed by atoms with Crippen molar-refractivity contribution in [2.24, 2.45) is 10.9 Å². The highest BCUT2D eigenvalue weighted by molar-refractivity contribution is 14.0. The highest BCUT2D eigenvalue weighted by Gasteiger charge is 2.26. The van der Waals surface area contributed by atoms with Gasteiger partial charge in [-0.1, -0.05) is 48.5 Å². The number of likely N-dealkylation sites (tertiary alicyclic amines) is 1. The van der Waals surface area contributed by atoms with Crippen molar-refractivity contribution in [2.45, 2.75) is 12.8 Å². The number of nitrogens with zero attached hydrogens (tertiary/aromatic N) is 2. The molecule has 0 radical (unpaired) electrons. The van der Waals surface area contributed by atoms with Crippen LogP contribution in [-0.2, 0) is 9.53 Å². The summed E-state index contributed by atoms with van der Waals surface area (Å²) in [6.07, 6.45) is 1.57. The number of methoxy groups -OCH3 is 1. The summed E-state index contributed by atoms with van der Waals surface area (Å²) < 4.78 is 10.9. The van der Waals surface area contributed by atoms with Gasteiger partial charge in [-0.3, -0.25) is 9.79 Å². The molecule has 0 unspecified atom stereocenters. The van der Waals surface area contributed by atoms with E-state index in [2.05, 4.69) is 33.4 Å². The molecule has 1 saturated heterocycles. The van der Waals surface area contributed by atoms with Crippen LogP contribution in [0.15, 0.2) is 59.6 Å². The molecule has 30 heavy (non-hydrogen) atoms. The second-order valence-electron chi connectivity index (χ2n) is 6.97. The summed E-state index contributed by atoms with van der Waals surface area (Å²) in [5.74, 6) is 1.59. The van der Waals surface area contributed by atoms with Crippen LogP contribution in [0.2, 0.25) is 0 Å². The lowest BCUT2D eigenvalue weighted by molar-refractivity contribution is -0.146. The fourth-order valence-electron chi connectivity index (χ4n) is 3.60. The number of ether oxygens (including phenoxy) is 2. The van der Waals surface area contributed by atoms with E-state index in [9.17, 15) is 4.79 Å². The zero-order valence-corrected chi connectivity index (χ0v) is 19.9. The van der Waals surface area contributed by atoms with E-state index < -0.39 is 0 Å². The minimum Gasteiger partial charge on any atom is -0.491 e. The van der Waals surface area contributed by atoms with Crippen molar-refractivity contribution >= 4 is 35.9 Å². The van der Waals surface area contributed by atoms with Crippen LogP contribution in [0.4, 0.5) is 0 Å². The average molecular weight is 523 g/mol. The third-order valence-electron chi connectivity index (χ3n) is 5.16. The van der Waals surface area contributed by atoms with Crippen LogP contribution in [-0.4, -0.2) is 57.2 Å². The van der Waals surface area contributed by atoms with Gasteiger partial charge in [0.15, 0.2) is 5.96 Å². The smallest absolute Gasteiger partial charge is 0.308 e. The van der Waals surface area contributed by atoms with E-state index in [-0.39, 0.29) is 35.9 Å². The summed E-state index contributed by atoms with van der Waals surface area (Å²) in [4.78, 5) is 18.2. The first-order valence-corrected chi connectivity index (χ1v) is 10.0. The molecule has 0 amide bonds. The van der Waals surface area contributed by atoms with E-state index >= 15 is 0 Å².